The fraction of sp³-hybridized carbons (Fsp3) is 0.550. The summed E-state index contributed by atoms with van der Waals surface area (Å²) in [6, 6.07) is 6.50. The SMILES string of the molecule is Cc1ccc(C(=O)N2CCCC(C(=O)NC(CC(C)C)C(=O)O)C2)cc1. The first-order valence-electron chi connectivity index (χ1n) is 9.17. The highest BCUT2D eigenvalue weighted by atomic mass is 16.4. The first-order valence-corrected chi connectivity index (χ1v) is 9.17. The summed E-state index contributed by atoms with van der Waals surface area (Å²) in [6.45, 7) is 6.75. The van der Waals surface area contributed by atoms with Crippen molar-refractivity contribution >= 4 is 17.8 Å². The number of aliphatic carboxylic acids is 1. The normalized spacial score (nSPS) is 18.5. The van der Waals surface area contributed by atoms with Gasteiger partial charge in [-0.1, -0.05) is 31.5 Å². The van der Waals surface area contributed by atoms with Crippen molar-refractivity contribution < 1.29 is 19.5 Å². The molecule has 2 rings (SSSR count). The molecular formula is C20H28N2O4. The number of benzene rings is 1. The Bertz CT molecular complexity index is 654. The van der Waals surface area contributed by atoms with Gasteiger partial charge in [-0.3, -0.25) is 9.59 Å². The molecule has 1 aliphatic heterocycles. The first kappa shape index (κ1) is 19.9. The summed E-state index contributed by atoms with van der Waals surface area (Å²) >= 11 is 0. The predicted octanol–water partition coefficient (Wildman–Crippen LogP) is 2.46. The predicted molar refractivity (Wildman–Crippen MR) is 98.8 cm³/mol. The number of carboxylic acid groups (broad SMARTS) is 1. The largest absolute Gasteiger partial charge is 0.480 e. The molecule has 2 N–H and O–H groups in total. The quantitative estimate of drug-likeness (QED) is 0.816. The van der Waals surface area contributed by atoms with Gasteiger partial charge in [-0.05, 0) is 44.2 Å². The number of carbonyl (C=O) groups excluding carboxylic acids is 2. The second-order valence-corrected chi connectivity index (χ2v) is 7.49. The van der Waals surface area contributed by atoms with Gasteiger partial charge in [0.15, 0.2) is 0 Å². The summed E-state index contributed by atoms with van der Waals surface area (Å²) in [4.78, 5) is 38.2. The summed E-state index contributed by atoms with van der Waals surface area (Å²) in [5, 5.41) is 11.9. The van der Waals surface area contributed by atoms with Crippen LogP contribution < -0.4 is 5.32 Å². The minimum Gasteiger partial charge on any atom is -0.480 e. The van der Waals surface area contributed by atoms with Crippen molar-refractivity contribution in [3.05, 3.63) is 35.4 Å². The van der Waals surface area contributed by atoms with Crippen LogP contribution in [-0.4, -0.2) is 46.9 Å². The van der Waals surface area contributed by atoms with Crippen molar-refractivity contribution in [1.82, 2.24) is 10.2 Å². The Morgan fingerprint density at radius 3 is 2.46 bits per heavy atom. The zero-order valence-corrected chi connectivity index (χ0v) is 15.7. The molecule has 1 aliphatic rings. The highest BCUT2D eigenvalue weighted by Gasteiger charge is 2.31. The molecule has 0 spiro atoms. The Morgan fingerprint density at radius 1 is 1.23 bits per heavy atom. The van der Waals surface area contributed by atoms with E-state index >= 15 is 0 Å². The molecule has 1 saturated heterocycles. The van der Waals surface area contributed by atoms with Crippen molar-refractivity contribution in [2.75, 3.05) is 13.1 Å². The summed E-state index contributed by atoms with van der Waals surface area (Å²) in [5.41, 5.74) is 1.70. The Balaban J connectivity index is 2.00. The van der Waals surface area contributed by atoms with Gasteiger partial charge in [-0.25, -0.2) is 4.79 Å². The molecule has 0 aromatic heterocycles. The Kier molecular flexibility index (Phi) is 6.77. The van der Waals surface area contributed by atoms with E-state index in [4.69, 9.17) is 0 Å². The van der Waals surface area contributed by atoms with Gasteiger partial charge in [0.1, 0.15) is 6.04 Å². The number of hydrogen-bond acceptors (Lipinski definition) is 3. The third-order valence-corrected chi connectivity index (χ3v) is 4.70. The van der Waals surface area contributed by atoms with Gasteiger partial charge in [0.2, 0.25) is 5.91 Å². The molecular weight excluding hydrogens is 332 g/mol. The minimum atomic E-state index is -1.02. The number of nitrogens with zero attached hydrogens (tertiary/aromatic N) is 1. The molecule has 6 nitrogen and oxygen atoms in total. The van der Waals surface area contributed by atoms with Crippen LogP contribution in [0.2, 0.25) is 0 Å². The van der Waals surface area contributed by atoms with Crippen LogP contribution in [0.1, 0.15) is 49.0 Å². The second-order valence-electron chi connectivity index (χ2n) is 7.49. The lowest BCUT2D eigenvalue weighted by Gasteiger charge is -2.32. The van der Waals surface area contributed by atoms with E-state index in [0.717, 1.165) is 12.0 Å². The molecule has 0 bridgehead atoms. The lowest BCUT2D eigenvalue weighted by atomic mass is 9.95. The molecule has 1 aromatic carbocycles. The number of carboxylic acids is 1. The Hall–Kier alpha value is -2.37. The number of piperidine rings is 1. The number of nitrogens with one attached hydrogen (secondary N) is 1. The molecule has 0 aliphatic carbocycles. The smallest absolute Gasteiger partial charge is 0.326 e. The molecule has 142 valence electrons. The number of amides is 2. The Labute approximate surface area is 154 Å². The highest BCUT2D eigenvalue weighted by molar-refractivity contribution is 5.95. The van der Waals surface area contributed by atoms with Crippen LogP contribution in [-0.2, 0) is 9.59 Å². The van der Waals surface area contributed by atoms with E-state index in [1.54, 1.807) is 17.0 Å². The zero-order chi connectivity index (χ0) is 19.3. The van der Waals surface area contributed by atoms with Crippen LogP contribution in [0.4, 0.5) is 0 Å². The van der Waals surface area contributed by atoms with Crippen LogP contribution in [0, 0.1) is 18.8 Å². The second kappa shape index (κ2) is 8.83. The van der Waals surface area contributed by atoms with Gasteiger partial charge < -0.3 is 15.3 Å². The van der Waals surface area contributed by atoms with Crippen molar-refractivity contribution in [1.29, 1.82) is 0 Å². The first-order chi connectivity index (χ1) is 12.3. The molecule has 1 aromatic rings. The van der Waals surface area contributed by atoms with Gasteiger partial charge in [0.25, 0.3) is 5.91 Å². The fourth-order valence-corrected chi connectivity index (χ4v) is 3.24. The van der Waals surface area contributed by atoms with Crippen molar-refractivity contribution in [2.45, 2.75) is 46.1 Å². The van der Waals surface area contributed by atoms with E-state index in [2.05, 4.69) is 5.32 Å². The molecule has 1 fully saturated rings. The maximum Gasteiger partial charge on any atom is 0.326 e. The number of likely N-dealkylation sites (tertiary alicyclic amines) is 1. The van der Waals surface area contributed by atoms with E-state index in [-0.39, 0.29) is 23.7 Å². The topological polar surface area (TPSA) is 86.7 Å². The van der Waals surface area contributed by atoms with E-state index in [1.165, 1.54) is 0 Å². The number of rotatable bonds is 6. The summed E-state index contributed by atoms with van der Waals surface area (Å²) in [5.74, 6) is -1.58. The molecule has 2 amide bonds. The average molecular weight is 360 g/mol. The zero-order valence-electron chi connectivity index (χ0n) is 15.7. The van der Waals surface area contributed by atoms with Crippen molar-refractivity contribution in [3.63, 3.8) is 0 Å². The average Bonchev–Trinajstić information content (AvgIpc) is 2.60. The van der Waals surface area contributed by atoms with Crippen molar-refractivity contribution in [3.8, 4) is 0 Å². The maximum atomic E-state index is 12.7. The van der Waals surface area contributed by atoms with Crippen LogP contribution in [0.25, 0.3) is 0 Å². The van der Waals surface area contributed by atoms with Crippen LogP contribution in [0.15, 0.2) is 24.3 Å². The maximum absolute atomic E-state index is 12.7. The van der Waals surface area contributed by atoms with Crippen LogP contribution >= 0.6 is 0 Å². The van der Waals surface area contributed by atoms with Gasteiger partial charge in [-0.15, -0.1) is 0 Å². The lowest BCUT2D eigenvalue weighted by molar-refractivity contribution is -0.143. The third-order valence-electron chi connectivity index (χ3n) is 4.70. The number of carbonyl (C=O) groups is 3. The monoisotopic (exact) mass is 360 g/mol. The van der Waals surface area contributed by atoms with Crippen LogP contribution in [0.3, 0.4) is 0 Å². The third kappa shape index (κ3) is 5.31. The van der Waals surface area contributed by atoms with Crippen LogP contribution in [0.5, 0.6) is 0 Å². The van der Waals surface area contributed by atoms with Gasteiger partial charge in [0, 0.05) is 18.7 Å². The molecule has 26 heavy (non-hydrogen) atoms. The minimum absolute atomic E-state index is 0.0838. The van der Waals surface area contributed by atoms with Gasteiger partial charge in [-0.2, -0.15) is 0 Å². The molecule has 0 saturated carbocycles. The van der Waals surface area contributed by atoms with Gasteiger partial charge in [0.05, 0.1) is 5.92 Å². The molecule has 2 atom stereocenters. The molecule has 0 radical (unpaired) electrons. The Morgan fingerprint density at radius 2 is 1.88 bits per heavy atom. The molecule has 6 heteroatoms. The van der Waals surface area contributed by atoms with E-state index in [1.807, 2.05) is 32.9 Å². The highest BCUT2D eigenvalue weighted by Crippen LogP contribution is 2.20. The van der Waals surface area contributed by atoms with Crippen molar-refractivity contribution in [2.24, 2.45) is 11.8 Å². The van der Waals surface area contributed by atoms with E-state index < -0.39 is 12.0 Å². The summed E-state index contributed by atoms with van der Waals surface area (Å²) in [7, 11) is 0. The molecule has 1 heterocycles. The standard InChI is InChI=1S/C20H28N2O4/c1-13(2)11-17(20(25)26)21-18(23)16-5-4-10-22(12-16)19(24)15-8-6-14(3)7-9-15/h6-9,13,16-17H,4-5,10-12H2,1-3H3,(H,21,23)(H,25,26). The fourth-order valence-electron chi connectivity index (χ4n) is 3.24. The van der Waals surface area contributed by atoms with E-state index in [0.29, 0.717) is 31.5 Å². The van der Waals surface area contributed by atoms with Gasteiger partial charge >= 0.3 is 5.97 Å². The molecule has 2 unspecified atom stereocenters. The lowest BCUT2D eigenvalue weighted by Crippen LogP contribution is -2.49. The van der Waals surface area contributed by atoms with E-state index in [9.17, 15) is 19.5 Å². The summed E-state index contributed by atoms with van der Waals surface area (Å²) < 4.78 is 0. The number of aryl methyl sites for hydroxylation is 1. The summed E-state index contributed by atoms with van der Waals surface area (Å²) in [6.07, 6.45) is 1.79. The number of hydrogen-bond donors (Lipinski definition) is 2.